The summed E-state index contributed by atoms with van der Waals surface area (Å²) in [6, 6.07) is 9.96. The summed E-state index contributed by atoms with van der Waals surface area (Å²) < 4.78 is 33.4. The topological polar surface area (TPSA) is 118 Å². The normalized spacial score (nSPS) is 11.0. The second kappa shape index (κ2) is 11.3. The van der Waals surface area contributed by atoms with Crippen LogP contribution in [0.5, 0.6) is 11.5 Å². The Morgan fingerprint density at radius 1 is 1.08 bits per heavy atom. The average molecular weight is 516 g/mol. The number of nitrogens with two attached hydrogens (primary N) is 1. The Balaban J connectivity index is 1.82. The van der Waals surface area contributed by atoms with Crippen molar-refractivity contribution in [2.75, 3.05) is 30.0 Å². The molecule has 2 aromatic carbocycles. The van der Waals surface area contributed by atoms with Gasteiger partial charge in [-0.25, -0.2) is 13.8 Å². The summed E-state index contributed by atoms with van der Waals surface area (Å²) >= 11 is 6.01. The maximum absolute atomic E-state index is 14.7. The summed E-state index contributed by atoms with van der Waals surface area (Å²) in [5.41, 5.74) is 5.48. The molecule has 0 saturated heterocycles. The second-order valence-electron chi connectivity index (χ2n) is 7.36. The van der Waals surface area contributed by atoms with Gasteiger partial charge in [-0.2, -0.15) is 0 Å². The lowest BCUT2D eigenvalue weighted by atomic mass is 10.2. The molecule has 0 aliphatic heterocycles. The third-order valence-electron chi connectivity index (χ3n) is 4.78. The number of halogens is 3. The molecule has 36 heavy (non-hydrogen) atoms. The first-order valence-corrected chi connectivity index (χ1v) is 10.6. The Labute approximate surface area is 209 Å². The summed E-state index contributed by atoms with van der Waals surface area (Å²) in [5.74, 6) is -3.17. The van der Waals surface area contributed by atoms with E-state index in [-0.39, 0.29) is 28.0 Å². The van der Waals surface area contributed by atoms with Crippen LogP contribution in [-0.4, -0.2) is 42.2 Å². The lowest BCUT2D eigenvalue weighted by Gasteiger charge is -2.20. The number of pyridine rings is 1. The van der Waals surface area contributed by atoms with Gasteiger partial charge in [0.2, 0.25) is 6.41 Å². The summed E-state index contributed by atoms with van der Waals surface area (Å²) in [7, 11) is 2.70. The first-order valence-electron chi connectivity index (χ1n) is 10.2. The number of hydrogen-bond acceptors (Lipinski definition) is 6. The van der Waals surface area contributed by atoms with Crippen LogP contribution in [0.4, 0.5) is 26.0 Å². The fourth-order valence-electron chi connectivity index (χ4n) is 2.91. The zero-order chi connectivity index (χ0) is 26.4. The SMILES string of the molecule is CN(C=O)/C=C(/C(=O)Nc1ccc(Oc2ccnc(N)c2Cl)c(F)c1)C(=O)N(C)c1ccc(F)cc1. The molecule has 0 aliphatic rings. The summed E-state index contributed by atoms with van der Waals surface area (Å²) in [6.07, 6.45) is 2.75. The van der Waals surface area contributed by atoms with Gasteiger partial charge in [0.1, 0.15) is 22.2 Å². The smallest absolute Gasteiger partial charge is 0.265 e. The zero-order valence-corrected chi connectivity index (χ0v) is 19.8. The molecule has 0 aliphatic carbocycles. The molecular weight excluding hydrogens is 496 g/mol. The van der Waals surface area contributed by atoms with Crippen LogP contribution in [0.1, 0.15) is 0 Å². The van der Waals surface area contributed by atoms with Gasteiger partial charge in [0.25, 0.3) is 11.8 Å². The van der Waals surface area contributed by atoms with Gasteiger partial charge in [0, 0.05) is 50.0 Å². The van der Waals surface area contributed by atoms with Gasteiger partial charge in [-0.15, -0.1) is 0 Å². The Morgan fingerprint density at radius 2 is 1.78 bits per heavy atom. The van der Waals surface area contributed by atoms with E-state index in [2.05, 4.69) is 10.3 Å². The van der Waals surface area contributed by atoms with Crippen molar-refractivity contribution in [3.05, 3.63) is 83.2 Å². The molecule has 3 amide bonds. The summed E-state index contributed by atoms with van der Waals surface area (Å²) in [5, 5.41) is 2.42. The van der Waals surface area contributed by atoms with Crippen molar-refractivity contribution in [3.8, 4) is 11.5 Å². The van der Waals surface area contributed by atoms with Crippen LogP contribution in [0.3, 0.4) is 0 Å². The van der Waals surface area contributed by atoms with Crippen LogP contribution >= 0.6 is 11.6 Å². The molecule has 9 nitrogen and oxygen atoms in total. The van der Waals surface area contributed by atoms with Gasteiger partial charge in [-0.05, 0) is 36.4 Å². The minimum absolute atomic E-state index is 0.00193. The Hall–Kier alpha value is -4.51. The monoisotopic (exact) mass is 515 g/mol. The lowest BCUT2D eigenvalue weighted by Crippen LogP contribution is -2.34. The maximum atomic E-state index is 14.7. The number of carbonyl (C=O) groups is 3. The van der Waals surface area contributed by atoms with Gasteiger partial charge in [0.05, 0.1) is 0 Å². The van der Waals surface area contributed by atoms with E-state index in [9.17, 15) is 23.2 Å². The molecule has 186 valence electrons. The van der Waals surface area contributed by atoms with E-state index >= 15 is 0 Å². The van der Waals surface area contributed by atoms with E-state index in [1.807, 2.05) is 0 Å². The van der Waals surface area contributed by atoms with E-state index < -0.39 is 29.0 Å². The lowest BCUT2D eigenvalue weighted by molar-refractivity contribution is -0.119. The number of benzene rings is 2. The molecular formula is C24H20ClF2N5O4. The predicted molar refractivity (Wildman–Crippen MR) is 130 cm³/mol. The van der Waals surface area contributed by atoms with E-state index in [1.54, 1.807) is 0 Å². The highest BCUT2D eigenvalue weighted by molar-refractivity contribution is 6.34. The van der Waals surface area contributed by atoms with Gasteiger partial charge in [0.15, 0.2) is 17.3 Å². The number of aromatic nitrogens is 1. The van der Waals surface area contributed by atoms with Gasteiger partial charge < -0.3 is 25.6 Å². The van der Waals surface area contributed by atoms with E-state index in [0.29, 0.717) is 12.1 Å². The zero-order valence-electron chi connectivity index (χ0n) is 19.0. The predicted octanol–water partition coefficient (Wildman–Crippen LogP) is 3.96. The molecule has 0 bridgehead atoms. The second-order valence-corrected chi connectivity index (χ2v) is 7.74. The third-order valence-corrected chi connectivity index (χ3v) is 5.16. The van der Waals surface area contributed by atoms with Crippen LogP contribution < -0.4 is 20.7 Å². The quantitative estimate of drug-likeness (QED) is 0.203. The molecule has 0 saturated carbocycles. The third kappa shape index (κ3) is 6.13. The number of ether oxygens (including phenoxy) is 1. The highest BCUT2D eigenvalue weighted by Crippen LogP contribution is 2.34. The fraction of sp³-hybridized carbons (Fsp3) is 0.0833. The van der Waals surface area contributed by atoms with Gasteiger partial charge >= 0.3 is 0 Å². The molecule has 3 N–H and O–H groups in total. The van der Waals surface area contributed by atoms with E-state index in [0.717, 1.165) is 34.2 Å². The van der Waals surface area contributed by atoms with Crippen molar-refractivity contribution < 1.29 is 27.9 Å². The van der Waals surface area contributed by atoms with Crippen LogP contribution in [-0.2, 0) is 14.4 Å². The number of nitrogens with zero attached hydrogens (tertiary/aromatic N) is 3. The summed E-state index contributed by atoms with van der Waals surface area (Å²) in [4.78, 5) is 42.9. The molecule has 0 atom stereocenters. The van der Waals surface area contributed by atoms with Crippen molar-refractivity contribution in [1.82, 2.24) is 9.88 Å². The number of carbonyl (C=O) groups excluding carboxylic acids is 3. The van der Waals surface area contributed by atoms with E-state index in [1.165, 1.54) is 50.6 Å². The minimum atomic E-state index is -0.916. The molecule has 0 unspecified atom stereocenters. The van der Waals surface area contributed by atoms with Crippen molar-refractivity contribution in [1.29, 1.82) is 0 Å². The molecule has 0 radical (unpaired) electrons. The Kier molecular flexibility index (Phi) is 8.18. The molecule has 0 fully saturated rings. The maximum Gasteiger partial charge on any atom is 0.265 e. The number of anilines is 3. The van der Waals surface area contributed by atoms with Gasteiger partial charge in [-0.1, -0.05) is 11.6 Å². The Bertz CT molecular complexity index is 1330. The Morgan fingerprint density at radius 3 is 2.42 bits per heavy atom. The highest BCUT2D eigenvalue weighted by Gasteiger charge is 2.24. The summed E-state index contributed by atoms with van der Waals surface area (Å²) in [6.45, 7) is 0. The van der Waals surface area contributed by atoms with Crippen LogP contribution in [0.25, 0.3) is 0 Å². The average Bonchev–Trinajstić information content (AvgIpc) is 2.86. The molecule has 3 aromatic rings. The number of likely N-dealkylation sites (N-methyl/N-ethyl adjacent to an activating group) is 1. The molecule has 1 heterocycles. The molecule has 3 rings (SSSR count). The van der Waals surface area contributed by atoms with Gasteiger partial charge in [-0.3, -0.25) is 14.4 Å². The molecule has 1 aromatic heterocycles. The first-order chi connectivity index (χ1) is 17.1. The van der Waals surface area contributed by atoms with Crippen molar-refractivity contribution in [3.63, 3.8) is 0 Å². The fourth-order valence-corrected chi connectivity index (χ4v) is 3.06. The number of nitrogens with one attached hydrogen (secondary N) is 1. The first kappa shape index (κ1) is 26.1. The van der Waals surface area contributed by atoms with Crippen molar-refractivity contribution >= 4 is 47.0 Å². The van der Waals surface area contributed by atoms with Crippen LogP contribution in [0, 0.1) is 11.6 Å². The standard InChI is InChI=1S/C24H20ClF2N5O4/c1-31(13-33)12-17(24(35)32(2)16-6-3-14(26)4-7-16)23(34)30-15-5-8-19(18(27)11-15)36-20-9-10-29-22(28)21(20)25/h3-13H,1-2H3,(H2,28,29)(H,30,34)/b17-12-. The molecule has 0 spiro atoms. The minimum Gasteiger partial charge on any atom is -0.453 e. The largest absolute Gasteiger partial charge is 0.453 e. The number of rotatable bonds is 8. The molecule has 12 heteroatoms. The van der Waals surface area contributed by atoms with Crippen molar-refractivity contribution in [2.24, 2.45) is 0 Å². The number of amides is 3. The van der Waals surface area contributed by atoms with Crippen LogP contribution in [0.2, 0.25) is 5.02 Å². The highest BCUT2D eigenvalue weighted by atomic mass is 35.5. The van der Waals surface area contributed by atoms with Crippen LogP contribution in [0.15, 0.2) is 66.5 Å². The van der Waals surface area contributed by atoms with E-state index in [4.69, 9.17) is 22.1 Å². The van der Waals surface area contributed by atoms with Crippen molar-refractivity contribution in [2.45, 2.75) is 0 Å². The number of nitrogen functional groups attached to an aromatic ring is 1. The number of hydrogen-bond donors (Lipinski definition) is 2.